The Hall–Kier alpha value is -1.07. The summed E-state index contributed by atoms with van der Waals surface area (Å²) in [4.78, 5) is 0. The molecule has 0 fully saturated rings. The van der Waals surface area contributed by atoms with Crippen molar-refractivity contribution in [1.29, 1.82) is 0 Å². The molecule has 0 aliphatic carbocycles. The normalized spacial score (nSPS) is 9.43. The van der Waals surface area contributed by atoms with Crippen LogP contribution in [0.5, 0.6) is 0 Å². The van der Waals surface area contributed by atoms with Gasteiger partial charge < -0.3 is 14.9 Å². The van der Waals surface area contributed by atoms with Crippen LogP contribution in [0.25, 0.3) is 21.9 Å². The van der Waals surface area contributed by atoms with Gasteiger partial charge in [-0.3, -0.25) is 0 Å². The smallest absolute Gasteiger partial charge is 0.358 e. The summed E-state index contributed by atoms with van der Waals surface area (Å²) in [7, 11) is 0. The molecule has 1 radical (unpaired) electrons. The summed E-state index contributed by atoms with van der Waals surface area (Å²) in [5.74, 6) is 0. The van der Waals surface area contributed by atoms with Crippen molar-refractivity contribution in [3.05, 3.63) is 80.6 Å². The van der Waals surface area contributed by atoms with E-state index in [1.54, 1.807) is 0 Å². The first kappa shape index (κ1) is 19.9. The van der Waals surface area contributed by atoms with Gasteiger partial charge in [0, 0.05) is 0 Å². The van der Waals surface area contributed by atoms with Crippen LogP contribution < -0.4 is 0 Å². The van der Waals surface area contributed by atoms with E-state index in [1.165, 1.54) is 33.0 Å². The number of aryl methyl sites for hydroxylation is 2. The summed E-state index contributed by atoms with van der Waals surface area (Å²) in [6.45, 7) is 4.34. The fraction of sp³-hybridized carbons (Fsp3) is 0.150. The van der Waals surface area contributed by atoms with E-state index >= 15 is 0 Å². The molecule has 0 unspecified atom stereocenters. The molecule has 0 atom stereocenters. The van der Waals surface area contributed by atoms with E-state index in [0.717, 1.165) is 6.42 Å². The van der Waals surface area contributed by atoms with E-state index in [2.05, 4.69) is 68.4 Å². The van der Waals surface area contributed by atoms with Gasteiger partial charge in [-0.25, -0.2) is 0 Å². The van der Waals surface area contributed by atoms with Crippen molar-refractivity contribution in [1.82, 2.24) is 0 Å². The van der Waals surface area contributed by atoms with Crippen LogP contribution in [-0.4, -0.2) is 0 Å². The number of fused-ring (bicyclic) bond motifs is 1. The zero-order valence-corrected chi connectivity index (χ0v) is 15.9. The second-order valence-electron chi connectivity index (χ2n) is 4.89. The van der Waals surface area contributed by atoms with E-state index in [9.17, 15) is 0 Å². The van der Waals surface area contributed by atoms with E-state index in [1.807, 2.05) is 0 Å². The maximum Gasteiger partial charge on any atom is 3.00 e. The Morgan fingerprint density at radius 1 is 0.952 bits per heavy atom. The first-order chi connectivity index (χ1) is 8.78. The van der Waals surface area contributed by atoms with Crippen LogP contribution in [0.3, 0.4) is 0 Å². The van der Waals surface area contributed by atoms with Gasteiger partial charge in [-0.15, -0.1) is 34.5 Å². The molecular weight excluding hydrogens is 331 g/mol. The fourth-order valence-electron chi connectivity index (χ4n) is 2.49. The molecule has 0 aromatic heterocycles. The summed E-state index contributed by atoms with van der Waals surface area (Å²) in [6, 6.07) is 20.0. The average Bonchev–Trinajstić information content (AvgIpc) is 2.82. The van der Waals surface area contributed by atoms with Gasteiger partial charge in [0.15, 0.2) is 0 Å². The quantitative estimate of drug-likeness (QED) is 0.495. The van der Waals surface area contributed by atoms with Crippen LogP contribution in [0.4, 0.5) is 0 Å². The molecule has 0 amide bonds. The van der Waals surface area contributed by atoms with E-state index in [-0.39, 0.29) is 41.1 Å². The van der Waals surface area contributed by atoms with Crippen LogP contribution >= 0.6 is 0 Å². The zero-order chi connectivity index (χ0) is 12.5. The third-order valence-corrected chi connectivity index (χ3v) is 3.58. The average molecular weight is 355 g/mol. The molecule has 3 rings (SSSR count). The molecule has 0 bridgehead atoms. The van der Waals surface area contributed by atoms with Crippen molar-refractivity contribution >= 4 is 10.8 Å². The minimum Gasteiger partial charge on any atom is -0.358 e. The van der Waals surface area contributed by atoms with Crippen molar-refractivity contribution in [3.8, 4) is 11.1 Å². The van der Waals surface area contributed by atoms with Gasteiger partial charge in [0.1, 0.15) is 0 Å². The topological polar surface area (TPSA) is 0 Å². The molecule has 21 heavy (non-hydrogen) atoms. The molecule has 3 aromatic carbocycles. The second kappa shape index (κ2) is 8.39. The molecule has 0 N–H and O–H groups in total. The van der Waals surface area contributed by atoms with Gasteiger partial charge in [0.2, 0.25) is 0 Å². The monoisotopic (exact) mass is 353 g/mol. The summed E-state index contributed by atoms with van der Waals surface area (Å²) in [5.41, 5.74) is 5.37. The Labute approximate surface area is 148 Å². The molecule has 0 nitrogen and oxygen atoms in total. The van der Waals surface area contributed by atoms with E-state index in [0.29, 0.717) is 0 Å². The predicted octanol–water partition coefficient (Wildman–Crippen LogP) is 5.99. The van der Waals surface area contributed by atoms with Crippen LogP contribution in [0, 0.1) is 21.8 Å². The number of hydrogen-bond acceptors (Lipinski definition) is 0. The van der Waals surface area contributed by atoms with Gasteiger partial charge >= 0.3 is 26.2 Å². The Morgan fingerprint density at radius 2 is 1.62 bits per heavy atom. The summed E-state index contributed by atoms with van der Waals surface area (Å²) in [5, 5.41) is 2.73. The maximum absolute atomic E-state index is 2.32. The Balaban J connectivity index is 0.00000133. The molecule has 0 aliphatic rings. The molecule has 0 saturated heterocycles. The zero-order valence-electron chi connectivity index (χ0n) is 13.4. The number of benzene rings is 2. The van der Waals surface area contributed by atoms with Gasteiger partial charge in [-0.1, -0.05) is 48.4 Å². The molecule has 3 aromatic rings. The summed E-state index contributed by atoms with van der Waals surface area (Å²) >= 11 is 0. The SMILES string of the molecule is CCc1cc2c(-c3ccc(C)cc3)cccc2[cH-]1.[CH3-].[CH3-].[Zr+3]. The van der Waals surface area contributed by atoms with Crippen molar-refractivity contribution in [2.24, 2.45) is 0 Å². The minimum atomic E-state index is 0. The van der Waals surface area contributed by atoms with Crippen molar-refractivity contribution in [2.45, 2.75) is 20.3 Å². The van der Waals surface area contributed by atoms with Crippen LogP contribution in [0.2, 0.25) is 0 Å². The van der Waals surface area contributed by atoms with Gasteiger partial charge in [0.25, 0.3) is 0 Å². The molecule has 0 heterocycles. The largest absolute Gasteiger partial charge is 3.00 e. The molecule has 0 aliphatic heterocycles. The number of rotatable bonds is 2. The van der Waals surface area contributed by atoms with Crippen LogP contribution in [0.1, 0.15) is 18.1 Å². The standard InChI is InChI=1S/C18H17.2CH3.Zr/c1-3-14-11-16-5-4-6-17(18(16)12-14)15-9-7-13(2)8-10-15;;;/h4-12H,3H2,1-2H3;2*1H3;/q3*-1;+3. The Kier molecular flexibility index (Phi) is 7.97. The van der Waals surface area contributed by atoms with Gasteiger partial charge in [0.05, 0.1) is 0 Å². The van der Waals surface area contributed by atoms with Crippen LogP contribution in [-0.2, 0) is 32.6 Å². The number of hydrogen-bond donors (Lipinski definition) is 0. The Morgan fingerprint density at radius 3 is 2.24 bits per heavy atom. The molecule has 0 saturated carbocycles. The molecule has 0 spiro atoms. The molecule has 1 heteroatoms. The summed E-state index contributed by atoms with van der Waals surface area (Å²) < 4.78 is 0. The van der Waals surface area contributed by atoms with Crippen molar-refractivity contribution < 1.29 is 26.2 Å². The summed E-state index contributed by atoms with van der Waals surface area (Å²) in [6.07, 6.45) is 1.10. The Bertz CT molecular complexity index is 675. The van der Waals surface area contributed by atoms with Crippen LogP contribution in [0.15, 0.2) is 54.6 Å². The van der Waals surface area contributed by atoms with Crippen molar-refractivity contribution in [2.75, 3.05) is 0 Å². The van der Waals surface area contributed by atoms with Crippen molar-refractivity contribution in [3.63, 3.8) is 0 Å². The predicted molar refractivity (Wildman–Crippen MR) is 91.9 cm³/mol. The van der Waals surface area contributed by atoms with E-state index in [4.69, 9.17) is 0 Å². The third kappa shape index (κ3) is 3.98. The second-order valence-corrected chi connectivity index (χ2v) is 4.89. The fourth-order valence-corrected chi connectivity index (χ4v) is 2.49. The third-order valence-electron chi connectivity index (χ3n) is 3.58. The van der Waals surface area contributed by atoms with Gasteiger partial charge in [-0.05, 0) is 18.9 Å². The maximum atomic E-state index is 2.32. The van der Waals surface area contributed by atoms with Gasteiger partial charge in [-0.2, -0.15) is 6.07 Å². The minimum absolute atomic E-state index is 0. The first-order valence-electron chi connectivity index (χ1n) is 6.53. The molecular formula is C20H23Zr. The molecule has 107 valence electrons. The first-order valence-corrected chi connectivity index (χ1v) is 6.53. The van der Waals surface area contributed by atoms with E-state index < -0.39 is 0 Å².